The third-order valence-corrected chi connectivity index (χ3v) is 4.71. The van der Waals surface area contributed by atoms with Gasteiger partial charge in [0.25, 0.3) is 0 Å². The number of anilines is 1. The van der Waals surface area contributed by atoms with Gasteiger partial charge in [0.15, 0.2) is 0 Å². The molecule has 0 N–H and O–H groups in total. The zero-order chi connectivity index (χ0) is 14.2. The maximum absolute atomic E-state index is 12.5. The van der Waals surface area contributed by atoms with Gasteiger partial charge in [-0.05, 0) is 60.2 Å². The molecule has 21 heavy (non-hydrogen) atoms. The molecule has 1 saturated carbocycles. The Bertz CT molecular complexity index is 677. The summed E-state index contributed by atoms with van der Waals surface area (Å²) in [7, 11) is 0. The molecule has 1 aliphatic heterocycles. The van der Waals surface area contributed by atoms with Crippen LogP contribution >= 0.6 is 0 Å². The highest BCUT2D eigenvalue weighted by Gasteiger charge is 2.33. The number of carbonyl (C=O) groups excluding carboxylic acids is 1. The van der Waals surface area contributed by atoms with Crippen molar-refractivity contribution < 1.29 is 4.79 Å². The standard InChI is InChI=1S/C18H18N2O/c21-18(14-2-1-3-14)20-11-8-16-12-15(4-5-17(16)20)13-6-9-19-10-7-13/h4-7,9-10,12,14H,1-3,8,11H2. The fourth-order valence-electron chi connectivity index (χ4n) is 3.23. The third-order valence-electron chi connectivity index (χ3n) is 4.71. The van der Waals surface area contributed by atoms with Crippen LogP contribution in [0.5, 0.6) is 0 Å². The van der Waals surface area contributed by atoms with Gasteiger partial charge in [-0.15, -0.1) is 0 Å². The van der Waals surface area contributed by atoms with Gasteiger partial charge in [0.1, 0.15) is 0 Å². The molecule has 3 heteroatoms. The Hall–Kier alpha value is -2.16. The fourth-order valence-corrected chi connectivity index (χ4v) is 3.23. The lowest BCUT2D eigenvalue weighted by Crippen LogP contribution is -2.37. The van der Waals surface area contributed by atoms with Gasteiger partial charge in [0, 0.05) is 30.5 Å². The van der Waals surface area contributed by atoms with Crippen LogP contribution in [0.1, 0.15) is 24.8 Å². The second-order valence-corrected chi connectivity index (χ2v) is 5.95. The highest BCUT2D eigenvalue weighted by atomic mass is 16.2. The van der Waals surface area contributed by atoms with Gasteiger partial charge in [-0.2, -0.15) is 0 Å². The molecule has 0 bridgehead atoms. The van der Waals surface area contributed by atoms with Crippen LogP contribution in [0.15, 0.2) is 42.7 Å². The van der Waals surface area contributed by atoms with Gasteiger partial charge in [-0.1, -0.05) is 12.5 Å². The maximum Gasteiger partial charge on any atom is 0.230 e. The molecule has 106 valence electrons. The molecule has 0 atom stereocenters. The van der Waals surface area contributed by atoms with Crippen molar-refractivity contribution in [2.75, 3.05) is 11.4 Å². The first-order chi connectivity index (χ1) is 10.3. The summed E-state index contributed by atoms with van der Waals surface area (Å²) in [5.74, 6) is 0.604. The molecular weight excluding hydrogens is 260 g/mol. The summed E-state index contributed by atoms with van der Waals surface area (Å²) >= 11 is 0. The first kappa shape index (κ1) is 12.6. The van der Waals surface area contributed by atoms with E-state index < -0.39 is 0 Å². The molecule has 0 unspecified atom stereocenters. The zero-order valence-corrected chi connectivity index (χ0v) is 12.0. The van der Waals surface area contributed by atoms with Gasteiger partial charge in [-0.25, -0.2) is 0 Å². The van der Waals surface area contributed by atoms with Gasteiger partial charge < -0.3 is 4.90 Å². The number of pyridine rings is 1. The first-order valence-corrected chi connectivity index (χ1v) is 7.67. The Balaban J connectivity index is 1.64. The van der Waals surface area contributed by atoms with Crippen molar-refractivity contribution in [2.45, 2.75) is 25.7 Å². The number of fused-ring (bicyclic) bond motifs is 1. The molecule has 2 heterocycles. The second kappa shape index (κ2) is 4.99. The smallest absolute Gasteiger partial charge is 0.230 e. The van der Waals surface area contributed by atoms with Crippen LogP contribution in [-0.4, -0.2) is 17.4 Å². The van der Waals surface area contributed by atoms with Crippen molar-refractivity contribution in [1.29, 1.82) is 0 Å². The molecule has 1 aromatic carbocycles. The van der Waals surface area contributed by atoms with Crippen LogP contribution in [-0.2, 0) is 11.2 Å². The van der Waals surface area contributed by atoms with E-state index in [4.69, 9.17) is 0 Å². The average Bonchev–Trinajstić information content (AvgIpc) is 2.89. The van der Waals surface area contributed by atoms with E-state index in [0.29, 0.717) is 5.91 Å². The minimum absolute atomic E-state index is 0.274. The predicted molar refractivity (Wildman–Crippen MR) is 83.1 cm³/mol. The summed E-state index contributed by atoms with van der Waals surface area (Å²) < 4.78 is 0. The van der Waals surface area contributed by atoms with Gasteiger partial charge in [0.2, 0.25) is 5.91 Å². The molecule has 2 aliphatic rings. The van der Waals surface area contributed by atoms with Crippen LogP contribution in [0.4, 0.5) is 5.69 Å². The van der Waals surface area contributed by atoms with E-state index in [1.54, 1.807) is 0 Å². The van der Waals surface area contributed by atoms with E-state index in [1.165, 1.54) is 23.1 Å². The Kier molecular flexibility index (Phi) is 2.99. The van der Waals surface area contributed by atoms with E-state index in [-0.39, 0.29) is 5.92 Å². The number of hydrogen-bond acceptors (Lipinski definition) is 2. The van der Waals surface area contributed by atoms with Gasteiger partial charge in [-0.3, -0.25) is 9.78 Å². The summed E-state index contributed by atoms with van der Waals surface area (Å²) in [5.41, 5.74) is 4.78. The Morgan fingerprint density at radius 3 is 2.62 bits per heavy atom. The van der Waals surface area contributed by atoms with E-state index >= 15 is 0 Å². The number of hydrogen-bond donors (Lipinski definition) is 0. The monoisotopic (exact) mass is 278 g/mol. The highest BCUT2D eigenvalue weighted by molar-refractivity contribution is 5.97. The minimum Gasteiger partial charge on any atom is -0.312 e. The molecule has 0 radical (unpaired) electrons. The van der Waals surface area contributed by atoms with Crippen LogP contribution in [0.3, 0.4) is 0 Å². The van der Waals surface area contributed by atoms with Crippen LogP contribution in [0.25, 0.3) is 11.1 Å². The van der Waals surface area contributed by atoms with Crippen molar-refractivity contribution in [2.24, 2.45) is 5.92 Å². The molecule has 2 aromatic rings. The summed E-state index contributed by atoms with van der Waals surface area (Å²) in [5, 5.41) is 0. The number of aromatic nitrogens is 1. The number of benzene rings is 1. The van der Waals surface area contributed by atoms with Crippen molar-refractivity contribution >= 4 is 11.6 Å². The first-order valence-electron chi connectivity index (χ1n) is 7.67. The topological polar surface area (TPSA) is 33.2 Å². The van der Waals surface area contributed by atoms with E-state index in [2.05, 4.69) is 23.2 Å². The summed E-state index contributed by atoms with van der Waals surface area (Å²) in [6, 6.07) is 10.5. The lowest BCUT2D eigenvalue weighted by molar-refractivity contribution is -0.124. The normalized spacial score (nSPS) is 17.4. The summed E-state index contributed by atoms with van der Waals surface area (Å²) in [4.78, 5) is 18.5. The number of rotatable bonds is 2. The summed E-state index contributed by atoms with van der Waals surface area (Å²) in [6.07, 6.45) is 7.94. The molecule has 0 spiro atoms. The largest absolute Gasteiger partial charge is 0.312 e. The van der Waals surface area contributed by atoms with E-state index in [0.717, 1.165) is 31.5 Å². The number of nitrogens with zero attached hydrogens (tertiary/aromatic N) is 2. The molecule has 4 rings (SSSR count). The number of amides is 1. The molecular formula is C18H18N2O. The molecule has 1 amide bonds. The van der Waals surface area contributed by atoms with Crippen molar-refractivity contribution in [3.63, 3.8) is 0 Å². The van der Waals surface area contributed by atoms with Gasteiger partial charge in [0.05, 0.1) is 0 Å². The Morgan fingerprint density at radius 1 is 1.10 bits per heavy atom. The minimum atomic E-state index is 0.274. The highest BCUT2D eigenvalue weighted by Crippen LogP contribution is 2.36. The Morgan fingerprint density at radius 2 is 1.90 bits per heavy atom. The SMILES string of the molecule is O=C(C1CCC1)N1CCc2cc(-c3ccncc3)ccc21. The molecule has 3 nitrogen and oxygen atoms in total. The van der Waals surface area contributed by atoms with Crippen molar-refractivity contribution in [1.82, 2.24) is 4.98 Å². The maximum atomic E-state index is 12.5. The third kappa shape index (κ3) is 2.13. The molecule has 1 aliphatic carbocycles. The lowest BCUT2D eigenvalue weighted by Gasteiger charge is -2.29. The summed E-state index contributed by atoms with van der Waals surface area (Å²) in [6.45, 7) is 0.838. The lowest BCUT2D eigenvalue weighted by atomic mass is 9.84. The second-order valence-electron chi connectivity index (χ2n) is 5.95. The molecule has 1 fully saturated rings. The Labute approximate surface area is 124 Å². The number of carbonyl (C=O) groups is 1. The molecule has 0 saturated heterocycles. The zero-order valence-electron chi connectivity index (χ0n) is 12.0. The molecule has 1 aromatic heterocycles. The quantitative estimate of drug-likeness (QED) is 0.843. The van der Waals surface area contributed by atoms with Gasteiger partial charge >= 0.3 is 0 Å². The van der Waals surface area contributed by atoms with Crippen LogP contribution < -0.4 is 4.90 Å². The van der Waals surface area contributed by atoms with Crippen molar-refractivity contribution in [3.8, 4) is 11.1 Å². The van der Waals surface area contributed by atoms with E-state index in [1.807, 2.05) is 29.4 Å². The van der Waals surface area contributed by atoms with E-state index in [9.17, 15) is 4.79 Å². The average molecular weight is 278 g/mol. The van der Waals surface area contributed by atoms with Crippen molar-refractivity contribution in [3.05, 3.63) is 48.3 Å². The van der Waals surface area contributed by atoms with Crippen LogP contribution in [0.2, 0.25) is 0 Å². The van der Waals surface area contributed by atoms with Crippen LogP contribution in [0, 0.1) is 5.92 Å². The predicted octanol–water partition coefficient (Wildman–Crippen LogP) is 3.44. The fraction of sp³-hybridized carbons (Fsp3) is 0.333.